The molecule has 0 aliphatic carbocycles. The van der Waals surface area contributed by atoms with Gasteiger partial charge in [0.1, 0.15) is 4.21 Å². The van der Waals surface area contributed by atoms with E-state index in [4.69, 9.17) is 0 Å². The predicted octanol–water partition coefficient (Wildman–Crippen LogP) is 2.35. The summed E-state index contributed by atoms with van der Waals surface area (Å²) in [7, 11) is -3.42. The number of nitrogens with one attached hydrogen (secondary N) is 1. The van der Waals surface area contributed by atoms with Crippen molar-refractivity contribution in [3.8, 4) is 0 Å². The van der Waals surface area contributed by atoms with Crippen LogP contribution in [-0.4, -0.2) is 50.7 Å². The van der Waals surface area contributed by atoms with Crippen LogP contribution >= 0.6 is 11.3 Å². The molecule has 1 aliphatic rings. The summed E-state index contributed by atoms with van der Waals surface area (Å²) in [6, 6.07) is 1.13. The van der Waals surface area contributed by atoms with Crippen molar-refractivity contribution in [3.05, 3.63) is 16.2 Å². The van der Waals surface area contributed by atoms with E-state index < -0.39 is 14.8 Å². The second-order valence-electron chi connectivity index (χ2n) is 5.49. The smallest absolute Gasteiger partial charge is 0.304 e. The van der Waals surface area contributed by atoms with Crippen LogP contribution in [0.2, 0.25) is 0 Å². The maximum Gasteiger partial charge on any atom is 0.304 e. The summed E-state index contributed by atoms with van der Waals surface area (Å²) in [5.74, 6) is 0. The minimum absolute atomic E-state index is 0.0245. The van der Waals surface area contributed by atoms with Gasteiger partial charge in [-0.25, -0.2) is 8.42 Å². The fraction of sp³-hybridized carbons (Fsp3) is 0.692. The van der Waals surface area contributed by atoms with Gasteiger partial charge in [0.05, 0.1) is 4.92 Å². The van der Waals surface area contributed by atoms with Crippen LogP contribution in [0.5, 0.6) is 0 Å². The number of hydrogen-bond donors (Lipinski definition) is 1. The Bertz CT molecular complexity index is 619. The molecule has 0 atom stereocenters. The van der Waals surface area contributed by atoms with Crippen molar-refractivity contribution in [1.29, 1.82) is 0 Å². The van der Waals surface area contributed by atoms with Crippen LogP contribution in [0.25, 0.3) is 0 Å². The molecule has 1 aromatic heterocycles. The Morgan fingerprint density at radius 1 is 1.32 bits per heavy atom. The van der Waals surface area contributed by atoms with E-state index in [1.807, 2.05) is 0 Å². The van der Waals surface area contributed by atoms with E-state index in [1.54, 1.807) is 0 Å². The molecule has 1 aliphatic heterocycles. The molecule has 1 aromatic rings. The highest BCUT2D eigenvalue weighted by molar-refractivity contribution is 7.92. The molecule has 1 fully saturated rings. The van der Waals surface area contributed by atoms with Gasteiger partial charge in [-0.3, -0.25) is 10.1 Å². The monoisotopic (exact) mass is 347 g/mol. The molecule has 22 heavy (non-hydrogen) atoms. The van der Waals surface area contributed by atoms with Crippen molar-refractivity contribution in [2.24, 2.45) is 0 Å². The minimum Gasteiger partial charge on any atom is -0.370 e. The summed E-state index contributed by atoms with van der Waals surface area (Å²) >= 11 is 0.926. The third-order valence-electron chi connectivity index (χ3n) is 3.66. The lowest BCUT2D eigenvalue weighted by atomic mass is 10.2. The molecule has 0 aromatic carbocycles. The van der Waals surface area contributed by atoms with Crippen LogP contribution < -0.4 is 5.32 Å². The van der Waals surface area contributed by atoms with Gasteiger partial charge < -0.3 is 10.2 Å². The third-order valence-corrected chi connectivity index (χ3v) is 6.55. The number of thiophene rings is 1. The molecular weight excluding hydrogens is 326 g/mol. The number of likely N-dealkylation sites (tertiary alicyclic amines) is 1. The van der Waals surface area contributed by atoms with Gasteiger partial charge in [-0.15, -0.1) is 0 Å². The molecular formula is C13H21N3O4S2. The highest BCUT2D eigenvalue weighted by Crippen LogP contribution is 2.36. The van der Waals surface area contributed by atoms with Crippen LogP contribution in [0, 0.1) is 10.1 Å². The minimum atomic E-state index is -3.42. The summed E-state index contributed by atoms with van der Waals surface area (Å²) in [6.07, 6.45) is 5.97. The highest BCUT2D eigenvalue weighted by atomic mass is 32.2. The lowest BCUT2D eigenvalue weighted by Gasteiger charge is -2.19. The summed E-state index contributed by atoms with van der Waals surface area (Å²) in [5, 5.41) is 14.4. The Labute approximate surface area is 134 Å². The second-order valence-corrected chi connectivity index (χ2v) is 8.79. The maximum atomic E-state index is 11.5. The zero-order valence-corrected chi connectivity index (χ0v) is 14.2. The predicted molar refractivity (Wildman–Crippen MR) is 87.5 cm³/mol. The summed E-state index contributed by atoms with van der Waals surface area (Å²) < 4.78 is 23.1. The quantitative estimate of drug-likeness (QED) is 0.627. The number of rotatable bonds is 6. The average molecular weight is 347 g/mol. The normalized spacial score (nSPS) is 17.1. The Hall–Kier alpha value is -1.19. The topological polar surface area (TPSA) is 92.5 Å². The molecule has 0 bridgehead atoms. The molecule has 2 rings (SSSR count). The van der Waals surface area contributed by atoms with Gasteiger partial charge in [-0.1, -0.05) is 24.2 Å². The average Bonchev–Trinajstić information content (AvgIpc) is 2.70. The Kier molecular flexibility index (Phi) is 5.76. The molecule has 7 nitrogen and oxygen atoms in total. The summed E-state index contributed by atoms with van der Waals surface area (Å²) in [6.45, 7) is 3.50. The van der Waals surface area contributed by atoms with Gasteiger partial charge in [-0.2, -0.15) is 0 Å². The van der Waals surface area contributed by atoms with Crippen LogP contribution in [-0.2, 0) is 9.84 Å². The third kappa shape index (κ3) is 4.65. The van der Waals surface area contributed by atoms with Gasteiger partial charge in [0.15, 0.2) is 14.8 Å². The summed E-state index contributed by atoms with van der Waals surface area (Å²) in [4.78, 5) is 12.8. The van der Waals surface area contributed by atoms with E-state index >= 15 is 0 Å². The van der Waals surface area contributed by atoms with E-state index in [9.17, 15) is 18.5 Å². The van der Waals surface area contributed by atoms with E-state index in [0.29, 0.717) is 11.5 Å². The van der Waals surface area contributed by atoms with Gasteiger partial charge in [-0.05, 0) is 25.9 Å². The second kappa shape index (κ2) is 7.38. The van der Waals surface area contributed by atoms with E-state index in [-0.39, 0.29) is 9.90 Å². The number of hydrogen-bond acceptors (Lipinski definition) is 7. The van der Waals surface area contributed by atoms with E-state index in [0.717, 1.165) is 43.3 Å². The highest BCUT2D eigenvalue weighted by Gasteiger charge is 2.23. The molecule has 124 valence electrons. The number of sulfone groups is 1. The first kappa shape index (κ1) is 17.2. The maximum absolute atomic E-state index is 11.5. The molecule has 0 spiro atoms. The van der Waals surface area contributed by atoms with Crippen LogP contribution in [0.1, 0.15) is 25.7 Å². The Balaban J connectivity index is 1.99. The Morgan fingerprint density at radius 3 is 2.50 bits per heavy atom. The zero-order valence-electron chi connectivity index (χ0n) is 12.6. The largest absolute Gasteiger partial charge is 0.370 e. The molecule has 0 radical (unpaired) electrons. The van der Waals surface area contributed by atoms with Crippen molar-refractivity contribution >= 4 is 31.9 Å². The first-order chi connectivity index (χ1) is 10.4. The van der Waals surface area contributed by atoms with Crippen molar-refractivity contribution < 1.29 is 13.3 Å². The molecule has 2 heterocycles. The standard InChI is InChI=1S/C13H21N3O4S2/c1-22(19,20)12-10-11(16(17)18)13(21-12)14-6-9-15-7-4-2-3-5-8-15/h10,14H,2-9H2,1H3. The fourth-order valence-electron chi connectivity index (χ4n) is 2.49. The molecule has 0 saturated carbocycles. The molecule has 1 N–H and O–H groups in total. The lowest BCUT2D eigenvalue weighted by molar-refractivity contribution is -0.383. The molecule has 1 saturated heterocycles. The van der Waals surface area contributed by atoms with Gasteiger partial charge in [0, 0.05) is 25.4 Å². The van der Waals surface area contributed by atoms with Crippen molar-refractivity contribution in [2.75, 3.05) is 37.8 Å². The van der Waals surface area contributed by atoms with E-state index in [2.05, 4.69) is 10.2 Å². The van der Waals surface area contributed by atoms with Gasteiger partial charge >= 0.3 is 5.69 Å². The first-order valence-electron chi connectivity index (χ1n) is 7.32. The molecule has 9 heteroatoms. The SMILES string of the molecule is CS(=O)(=O)c1cc([N+](=O)[O-])c(NCCN2CCCCCC2)s1. The Morgan fingerprint density at radius 2 is 1.95 bits per heavy atom. The number of nitro groups is 1. The fourth-order valence-corrected chi connectivity index (χ4v) is 4.46. The van der Waals surface area contributed by atoms with Crippen molar-refractivity contribution in [2.45, 2.75) is 29.9 Å². The number of anilines is 1. The van der Waals surface area contributed by atoms with Crippen molar-refractivity contribution in [1.82, 2.24) is 4.90 Å². The zero-order chi connectivity index (χ0) is 16.2. The summed E-state index contributed by atoms with van der Waals surface area (Å²) in [5.41, 5.74) is -0.165. The van der Waals surface area contributed by atoms with Crippen molar-refractivity contribution in [3.63, 3.8) is 0 Å². The number of nitrogens with zero attached hydrogens (tertiary/aromatic N) is 2. The van der Waals surface area contributed by atoms with E-state index in [1.165, 1.54) is 25.7 Å². The molecule has 0 amide bonds. The van der Waals surface area contributed by atoms with Crippen LogP contribution in [0.3, 0.4) is 0 Å². The van der Waals surface area contributed by atoms with Gasteiger partial charge in [0.2, 0.25) is 0 Å². The first-order valence-corrected chi connectivity index (χ1v) is 10.0. The molecule has 0 unspecified atom stereocenters. The van der Waals surface area contributed by atoms with Gasteiger partial charge in [0.25, 0.3) is 0 Å². The lowest BCUT2D eigenvalue weighted by Crippen LogP contribution is -2.29. The van der Waals surface area contributed by atoms with Crippen LogP contribution in [0.4, 0.5) is 10.7 Å². The van der Waals surface area contributed by atoms with Crippen LogP contribution in [0.15, 0.2) is 10.3 Å².